The zero-order valence-corrected chi connectivity index (χ0v) is 31.1. The van der Waals surface area contributed by atoms with Gasteiger partial charge in [0.25, 0.3) is 0 Å². The Morgan fingerprint density at radius 2 is 0.955 bits per heavy atom. The van der Waals surface area contributed by atoms with Crippen molar-refractivity contribution < 1.29 is 45.2 Å². The first kappa shape index (κ1) is 32.0. The number of hydrogen-bond donors (Lipinski definition) is 0. The maximum Gasteiger partial charge on any atom is -1.00 e. The van der Waals surface area contributed by atoms with E-state index in [-0.39, 0.29) is 24.8 Å². The summed E-state index contributed by atoms with van der Waals surface area (Å²) in [4.78, 5) is 0. The molecule has 44 heavy (non-hydrogen) atoms. The Bertz CT molecular complexity index is 1700. The average molecular weight is 711 g/mol. The van der Waals surface area contributed by atoms with Crippen molar-refractivity contribution in [1.82, 2.24) is 0 Å². The number of hydrogen-bond acceptors (Lipinski definition) is 0. The molecule has 4 aromatic carbocycles. The zero-order valence-electron chi connectivity index (χ0n) is 26.1. The number of halogens is 2. The zero-order chi connectivity index (χ0) is 28.5. The molecule has 2 saturated carbocycles. The van der Waals surface area contributed by atoms with Crippen molar-refractivity contribution in [1.29, 1.82) is 0 Å². The predicted molar refractivity (Wildman–Crippen MR) is 178 cm³/mol. The fourth-order valence-electron chi connectivity index (χ4n) is 7.90. The van der Waals surface area contributed by atoms with E-state index in [9.17, 15) is 0 Å². The number of rotatable bonds is 6. The molecule has 2 unspecified atom stereocenters. The van der Waals surface area contributed by atoms with Crippen LogP contribution in [0.1, 0.15) is 92.0 Å². The molecule has 4 aliphatic rings. The summed E-state index contributed by atoms with van der Waals surface area (Å²) in [6.45, 7) is 10.3. The van der Waals surface area contributed by atoms with Gasteiger partial charge in [0.15, 0.2) is 0 Å². The van der Waals surface area contributed by atoms with Crippen molar-refractivity contribution in [2.75, 3.05) is 0 Å². The molecular weight excluding hydrogens is 671 g/mol. The minimum absolute atomic E-state index is 0. The Hall–Kier alpha value is -1.96. The van der Waals surface area contributed by atoms with Crippen LogP contribution in [-0.2, 0) is 20.4 Å². The molecule has 0 aromatic heterocycles. The molecule has 0 heterocycles. The van der Waals surface area contributed by atoms with Gasteiger partial charge in [-0.15, -0.1) is 0 Å². The normalized spacial score (nSPS) is 19.4. The maximum atomic E-state index is 2.69. The molecule has 8 rings (SSSR count). The summed E-state index contributed by atoms with van der Waals surface area (Å²) in [6, 6.07) is 32.9. The number of benzene rings is 4. The van der Waals surface area contributed by atoms with E-state index in [4.69, 9.17) is 0 Å². The Morgan fingerprint density at radius 3 is 1.30 bits per heavy atom. The van der Waals surface area contributed by atoms with Crippen LogP contribution in [0, 0.1) is 0 Å². The summed E-state index contributed by atoms with van der Waals surface area (Å²) in [5, 5.41) is 0. The standard InChI is InChI=1S/2C19H17.C2H6Si.2ClH.Zr/c2*1-13-9-17-11-16(14-7-8-14)12-19(18(17)10-13)15-5-3-2-4-6-15;1-3-2;;;/h2*2-6,9-12,14H,7-8H2,1H3;1-2H3;2*1H;/q;;;;;+2/p-2. The van der Waals surface area contributed by atoms with E-state index in [0.717, 1.165) is 11.8 Å². The summed E-state index contributed by atoms with van der Waals surface area (Å²) < 4.78 is 1.35. The Morgan fingerprint density at radius 1 is 0.568 bits per heavy atom. The smallest absolute Gasteiger partial charge is 1.00 e. The van der Waals surface area contributed by atoms with Gasteiger partial charge in [0.05, 0.1) is 0 Å². The van der Waals surface area contributed by atoms with Crippen LogP contribution in [-0.4, -0.2) is 5.43 Å². The first-order valence-electron chi connectivity index (χ1n) is 16.0. The summed E-state index contributed by atoms with van der Waals surface area (Å²) in [5.74, 6) is 1.53. The molecule has 0 saturated heterocycles. The van der Waals surface area contributed by atoms with Gasteiger partial charge < -0.3 is 24.8 Å². The van der Waals surface area contributed by atoms with Crippen LogP contribution >= 0.6 is 0 Å². The van der Waals surface area contributed by atoms with E-state index in [2.05, 4.69) is 124 Å². The predicted octanol–water partition coefficient (Wildman–Crippen LogP) is 5.27. The van der Waals surface area contributed by atoms with Crippen LogP contribution in [0.2, 0.25) is 13.1 Å². The molecule has 4 aromatic rings. The molecule has 4 heteroatoms. The fourth-order valence-corrected chi connectivity index (χ4v) is 28.6. The second kappa shape index (κ2) is 12.7. The van der Waals surface area contributed by atoms with Gasteiger partial charge in [0, 0.05) is 0 Å². The molecule has 4 aliphatic carbocycles. The molecule has 0 bridgehead atoms. The molecule has 0 radical (unpaired) electrons. The molecule has 0 amide bonds. The van der Waals surface area contributed by atoms with Gasteiger partial charge in [-0.1, -0.05) is 0 Å². The molecule has 0 nitrogen and oxygen atoms in total. The van der Waals surface area contributed by atoms with E-state index in [1.807, 2.05) is 0 Å². The van der Waals surface area contributed by atoms with Gasteiger partial charge in [0.1, 0.15) is 0 Å². The quantitative estimate of drug-likeness (QED) is 0.240. The van der Waals surface area contributed by atoms with E-state index >= 15 is 0 Å². The second-order valence-corrected chi connectivity index (χ2v) is 31.4. The monoisotopic (exact) mass is 708 g/mol. The SMILES string of the molecule is CC1=Cc2c(-c3ccccc3)cc(C3CC3)cc2[CH]1[Zr+2]([CH]1C(C)=Cc2c(-c3ccccc3)cc(C3CC3)cc21)=[Si](C)C.[Cl-].[Cl-]. The van der Waals surface area contributed by atoms with Crippen LogP contribution < -0.4 is 24.8 Å². The molecule has 2 atom stereocenters. The van der Waals surface area contributed by atoms with Gasteiger partial charge in [-0.2, -0.15) is 0 Å². The van der Waals surface area contributed by atoms with Crippen molar-refractivity contribution in [2.24, 2.45) is 0 Å². The van der Waals surface area contributed by atoms with Crippen LogP contribution in [0.3, 0.4) is 0 Å². The van der Waals surface area contributed by atoms with Gasteiger partial charge in [-0.3, -0.25) is 0 Å². The summed E-state index contributed by atoms with van der Waals surface area (Å²) >= 11 is -2.14. The molecule has 0 N–H and O–H groups in total. The minimum atomic E-state index is -2.14. The third-order valence-electron chi connectivity index (χ3n) is 10.2. The number of allylic oxidation sites excluding steroid dienone is 2. The molecule has 0 aliphatic heterocycles. The first-order valence-corrected chi connectivity index (χ1v) is 25.0. The van der Waals surface area contributed by atoms with Crippen molar-refractivity contribution in [3.8, 4) is 22.3 Å². The second-order valence-electron chi connectivity index (χ2n) is 13.5. The van der Waals surface area contributed by atoms with E-state index in [0.29, 0.717) is 7.25 Å². The maximum absolute atomic E-state index is 2.69. The van der Waals surface area contributed by atoms with Gasteiger partial charge in [-0.25, -0.2) is 0 Å². The fraction of sp³-hybridized carbons (Fsp3) is 0.300. The third kappa shape index (κ3) is 5.64. The van der Waals surface area contributed by atoms with Crippen molar-refractivity contribution in [2.45, 2.75) is 71.7 Å². The summed E-state index contributed by atoms with van der Waals surface area (Å²) in [7, 11) is 0. The van der Waals surface area contributed by atoms with E-state index in [1.54, 1.807) is 33.4 Å². The Balaban J connectivity index is 0.00000171. The largest absolute Gasteiger partial charge is 1.00 e. The minimum Gasteiger partial charge on any atom is -1.00 e. The average Bonchev–Trinajstić information content (AvgIpc) is 3.94. The molecule has 0 spiro atoms. The summed E-state index contributed by atoms with van der Waals surface area (Å²) in [6.07, 6.45) is 10.6. The van der Waals surface area contributed by atoms with Crippen molar-refractivity contribution in [3.05, 3.63) is 129 Å². The Labute approximate surface area is 284 Å². The van der Waals surface area contributed by atoms with Gasteiger partial charge >= 0.3 is 261 Å². The van der Waals surface area contributed by atoms with E-state index < -0.39 is 25.8 Å². The van der Waals surface area contributed by atoms with E-state index in [1.165, 1.54) is 59.1 Å². The van der Waals surface area contributed by atoms with Crippen LogP contribution in [0.15, 0.2) is 96.1 Å². The Kier molecular flexibility index (Phi) is 9.22. The van der Waals surface area contributed by atoms with Crippen molar-refractivity contribution >= 4 is 17.6 Å². The molecule has 2 fully saturated rings. The van der Waals surface area contributed by atoms with Crippen LogP contribution in [0.25, 0.3) is 34.4 Å². The van der Waals surface area contributed by atoms with Gasteiger partial charge in [-0.05, 0) is 0 Å². The number of fused-ring (bicyclic) bond motifs is 2. The molecule has 222 valence electrons. The topological polar surface area (TPSA) is 0 Å². The summed E-state index contributed by atoms with van der Waals surface area (Å²) in [5.41, 5.74) is 18.2. The first-order chi connectivity index (χ1) is 20.5. The van der Waals surface area contributed by atoms with Crippen molar-refractivity contribution in [3.63, 3.8) is 0 Å². The van der Waals surface area contributed by atoms with Crippen LogP contribution in [0.4, 0.5) is 0 Å². The van der Waals surface area contributed by atoms with Gasteiger partial charge in [0.2, 0.25) is 0 Å². The van der Waals surface area contributed by atoms with Crippen LogP contribution in [0.5, 0.6) is 0 Å². The third-order valence-corrected chi connectivity index (χ3v) is 30.1. The molecular formula is C40H40Cl2SiZr.